The van der Waals surface area contributed by atoms with Crippen LogP contribution in [0.4, 0.5) is 34.6 Å². The van der Waals surface area contributed by atoms with Crippen LogP contribution in [0, 0.1) is 0 Å². The summed E-state index contributed by atoms with van der Waals surface area (Å²) in [6.45, 7) is -2.47. The smallest absolute Gasteiger partial charge is 0.362 e. The van der Waals surface area contributed by atoms with Crippen molar-refractivity contribution in [3.05, 3.63) is 108 Å². The summed E-state index contributed by atoms with van der Waals surface area (Å²) < 4.78 is 79.8. The lowest BCUT2D eigenvalue weighted by atomic mass is 10.0. The molecule has 0 unspecified atom stereocenters. The van der Waals surface area contributed by atoms with Gasteiger partial charge in [0.25, 0.3) is 11.8 Å². The highest BCUT2D eigenvalue weighted by atomic mass is 32.2. The number of nitrogens with zero attached hydrogens (tertiary/aromatic N) is 8. The number of fused-ring (bicyclic) bond motifs is 2. The molecule has 4 aromatic heterocycles. The van der Waals surface area contributed by atoms with Gasteiger partial charge in [0.15, 0.2) is 39.8 Å². The Morgan fingerprint density at radius 2 is 1.34 bits per heavy atom. The highest BCUT2D eigenvalue weighted by molar-refractivity contribution is 7.85. The lowest BCUT2D eigenvalue weighted by Gasteiger charge is -2.35. The van der Waals surface area contributed by atoms with Crippen LogP contribution in [-0.2, 0) is 56.4 Å². The first kappa shape index (κ1) is 50.2. The zero-order chi connectivity index (χ0) is 51.9. The van der Waals surface area contributed by atoms with Crippen molar-refractivity contribution in [2.24, 2.45) is 11.5 Å². The molecule has 3 aromatic carbocycles. The minimum Gasteiger partial charge on any atom is -0.398 e. The summed E-state index contributed by atoms with van der Waals surface area (Å²) in [5, 5.41) is 26.9. The highest BCUT2D eigenvalue weighted by Gasteiger charge is 2.53. The number of carbonyl (C=O) groups excluding carboxylic acids is 2. The molecule has 0 aliphatic carbocycles. The number of para-hydroxylation sites is 3. The first-order valence-electron chi connectivity index (χ1n) is 21.6. The molecule has 2 amide bonds. The molecule has 0 bridgehead atoms. The molecular formula is C41H46N18O12S2. The number of hydrogen-bond donors (Lipinski definition) is 12. The molecule has 30 nitrogen and oxygen atoms in total. The summed E-state index contributed by atoms with van der Waals surface area (Å²) in [7, 11) is -9.57. The maximum Gasteiger partial charge on any atom is 0.362 e. The fraction of sp³-hybridized carbons (Fsp3) is 0.268. The summed E-state index contributed by atoms with van der Waals surface area (Å²) in [6, 6.07) is 17.3. The van der Waals surface area contributed by atoms with E-state index in [-0.39, 0.29) is 75.6 Å². The number of aromatic nitrogens is 8. The van der Waals surface area contributed by atoms with Gasteiger partial charge in [-0.3, -0.25) is 27.1 Å². The number of amides is 2. The Kier molecular flexibility index (Phi) is 13.5. The van der Waals surface area contributed by atoms with Crippen LogP contribution >= 0.6 is 0 Å². The van der Waals surface area contributed by atoms with E-state index in [9.17, 15) is 36.6 Å². The van der Waals surface area contributed by atoms with Crippen LogP contribution in [0.25, 0.3) is 22.3 Å². The van der Waals surface area contributed by atoms with Gasteiger partial charge in [-0.1, -0.05) is 42.5 Å². The summed E-state index contributed by atoms with van der Waals surface area (Å²) in [5.41, 5.74) is 34.0. The number of benzene rings is 3. The molecule has 32 heteroatoms. The molecule has 2 aliphatic rings. The van der Waals surface area contributed by atoms with Gasteiger partial charge < -0.3 is 59.1 Å². The third kappa shape index (κ3) is 9.81. The van der Waals surface area contributed by atoms with E-state index in [0.717, 1.165) is 10.9 Å². The van der Waals surface area contributed by atoms with Crippen molar-refractivity contribution >= 4 is 89.4 Å². The van der Waals surface area contributed by atoms with Crippen LogP contribution in [0.2, 0.25) is 0 Å². The molecule has 6 heterocycles. The number of imidazole rings is 2. The van der Waals surface area contributed by atoms with Crippen LogP contribution < -0.4 is 54.3 Å². The third-order valence-corrected chi connectivity index (χ3v) is 13.7. The molecule has 73 heavy (non-hydrogen) atoms. The van der Waals surface area contributed by atoms with E-state index in [1.54, 1.807) is 41.1 Å². The number of nitrogens with two attached hydrogens (primary N) is 5. The van der Waals surface area contributed by atoms with Crippen molar-refractivity contribution < 1.29 is 54.5 Å². The van der Waals surface area contributed by atoms with Gasteiger partial charge in [0.2, 0.25) is 5.95 Å². The fourth-order valence-electron chi connectivity index (χ4n) is 8.05. The average Bonchev–Trinajstić information content (AvgIpc) is 4.14. The number of nitrogens with one attached hydrogen (secondary N) is 5. The minimum atomic E-state index is -4.80. The molecule has 0 saturated carbocycles. The topological polar surface area (TPSA) is 457 Å². The van der Waals surface area contributed by atoms with Crippen LogP contribution in [0.5, 0.6) is 0 Å². The number of ether oxygens (including phenoxy) is 2. The summed E-state index contributed by atoms with van der Waals surface area (Å²) in [6.07, 6.45) is -0.974. The zero-order valence-electron chi connectivity index (χ0n) is 37.8. The van der Waals surface area contributed by atoms with Gasteiger partial charge in [-0.15, -0.1) is 0 Å². The van der Waals surface area contributed by atoms with E-state index < -0.39 is 88.0 Å². The molecule has 2 fully saturated rings. The van der Waals surface area contributed by atoms with E-state index in [0.29, 0.717) is 11.3 Å². The van der Waals surface area contributed by atoms with E-state index in [1.165, 1.54) is 53.6 Å². The van der Waals surface area contributed by atoms with Crippen molar-refractivity contribution in [2.75, 3.05) is 54.4 Å². The van der Waals surface area contributed by atoms with Crippen molar-refractivity contribution in [1.29, 1.82) is 0 Å². The SMILES string of the molecule is NCc1ccccc1Nc1nc(NN[C@]2(n3cnc4c(N)ncnc43)CO[C@H](COS(=O)(=O)NC(=O)c3ccccc3N)[C@H]2N)c2ncn([C@@]3(O)CO[C@H](COS(=O)(=O)NC(=O)c4ccccc4N)[C@H]3O)c2n1. The van der Waals surface area contributed by atoms with Gasteiger partial charge in [-0.05, 0) is 35.9 Å². The Balaban J connectivity index is 1.01. The number of aliphatic hydroxyl groups excluding tert-OH is 1. The lowest BCUT2D eigenvalue weighted by molar-refractivity contribution is -0.109. The average molecular weight is 1050 g/mol. The quantitative estimate of drug-likeness (QED) is 0.0318. The summed E-state index contributed by atoms with van der Waals surface area (Å²) in [4.78, 5) is 52.0. The van der Waals surface area contributed by atoms with Crippen LogP contribution in [0.3, 0.4) is 0 Å². The predicted octanol–water partition coefficient (Wildman–Crippen LogP) is -2.30. The Morgan fingerprint density at radius 1 is 0.753 bits per heavy atom. The van der Waals surface area contributed by atoms with Crippen LogP contribution in [0.15, 0.2) is 91.8 Å². The van der Waals surface area contributed by atoms with E-state index in [4.69, 9.17) is 46.5 Å². The fourth-order valence-corrected chi connectivity index (χ4v) is 9.47. The summed E-state index contributed by atoms with van der Waals surface area (Å²) in [5.74, 6) is -2.31. The molecule has 0 radical (unpaired) electrons. The molecule has 7 aromatic rings. The van der Waals surface area contributed by atoms with Gasteiger partial charge in [-0.2, -0.15) is 26.8 Å². The number of carbonyl (C=O) groups is 2. The molecule has 17 N–H and O–H groups in total. The Hall–Kier alpha value is -7.76. The molecule has 0 spiro atoms. The van der Waals surface area contributed by atoms with Gasteiger partial charge in [0.1, 0.15) is 30.2 Å². The second kappa shape index (κ2) is 19.7. The first-order chi connectivity index (χ1) is 34.8. The largest absolute Gasteiger partial charge is 0.398 e. The van der Waals surface area contributed by atoms with Crippen molar-refractivity contribution in [3.8, 4) is 0 Å². The standard InChI is InChI=1S/C41H46N18O12S2/c42-13-21-7-1-6-12-26(21)51-39-52-34(30-36(53-39)59(20-50-30)41(63)17-69-28(32(41)60)15-71-73(66,67)56-38(62)23-9-3-5-11-25(23)44)54-57-40(58-19-49-29-33(46)47-18-48-35(29)58)16-68-27(31(40)45)14-70-72(64,65)55-37(61)22-8-2-4-10-24(22)43/h1-12,18-20,27-28,31-32,57,60,63H,13-17,42-45H2,(H,55,61)(H,56,62)(H2,46,47,48)(H2,51,52,53,54)/t27-,28-,31-,32-,40+,41-/m1/s1. The van der Waals surface area contributed by atoms with Gasteiger partial charge >= 0.3 is 20.6 Å². The maximum absolute atomic E-state index is 13.1. The zero-order valence-corrected chi connectivity index (χ0v) is 39.4. The number of anilines is 6. The van der Waals surface area contributed by atoms with Gasteiger partial charge in [0, 0.05) is 23.6 Å². The summed E-state index contributed by atoms with van der Waals surface area (Å²) >= 11 is 0. The number of rotatable bonds is 18. The Bertz CT molecular complexity index is 3480. The minimum absolute atomic E-state index is 0.00963. The third-order valence-electron chi connectivity index (χ3n) is 11.9. The monoisotopic (exact) mass is 1050 g/mol. The molecule has 2 saturated heterocycles. The second-order valence-electron chi connectivity index (χ2n) is 16.5. The van der Waals surface area contributed by atoms with E-state index in [2.05, 4.69) is 46.1 Å². The van der Waals surface area contributed by atoms with Crippen LogP contribution in [-0.4, -0.2) is 129 Å². The maximum atomic E-state index is 13.1. The predicted molar refractivity (Wildman–Crippen MR) is 257 cm³/mol. The van der Waals surface area contributed by atoms with E-state index in [1.807, 2.05) is 4.72 Å². The molecule has 6 atom stereocenters. The molecule has 9 rings (SSSR count). The Morgan fingerprint density at radius 3 is 2.00 bits per heavy atom. The number of nitrogen functional groups attached to an aromatic ring is 3. The first-order valence-corrected chi connectivity index (χ1v) is 24.4. The van der Waals surface area contributed by atoms with Crippen molar-refractivity contribution in [3.63, 3.8) is 0 Å². The van der Waals surface area contributed by atoms with E-state index >= 15 is 0 Å². The normalized spacial score (nSPS) is 22.1. The number of hydrazine groups is 1. The molecule has 384 valence electrons. The molecular weight excluding hydrogens is 1000 g/mol. The van der Waals surface area contributed by atoms with Gasteiger partial charge in [0.05, 0.1) is 56.3 Å². The Labute approximate surface area is 413 Å². The van der Waals surface area contributed by atoms with Gasteiger partial charge in [-0.25, -0.2) is 34.8 Å². The molecule has 2 aliphatic heterocycles. The van der Waals surface area contributed by atoms with Crippen molar-refractivity contribution in [2.45, 2.75) is 42.3 Å². The highest BCUT2D eigenvalue weighted by Crippen LogP contribution is 2.36. The lowest BCUT2D eigenvalue weighted by Crippen LogP contribution is -2.62. The van der Waals surface area contributed by atoms with Crippen molar-refractivity contribution in [1.82, 2.24) is 53.9 Å². The number of hydrogen-bond acceptors (Lipinski definition) is 26. The van der Waals surface area contributed by atoms with Crippen LogP contribution in [0.1, 0.15) is 26.3 Å². The second-order valence-corrected chi connectivity index (χ2v) is 19.1. The number of aliphatic hydroxyl groups is 2.